The maximum absolute atomic E-state index is 6.37. The Morgan fingerprint density at radius 2 is 2.00 bits per heavy atom. The van der Waals surface area contributed by atoms with Gasteiger partial charge in [0.15, 0.2) is 0 Å². The minimum absolute atomic E-state index is 0.695. The van der Waals surface area contributed by atoms with E-state index in [2.05, 4.69) is 30.0 Å². The molecule has 1 aliphatic rings. The van der Waals surface area contributed by atoms with Crippen molar-refractivity contribution in [2.45, 2.75) is 33.6 Å². The van der Waals surface area contributed by atoms with Gasteiger partial charge in [0.1, 0.15) is 5.82 Å². The van der Waals surface area contributed by atoms with Gasteiger partial charge in [0.25, 0.3) is 0 Å². The number of hydrogen-bond donors (Lipinski definition) is 2. The summed E-state index contributed by atoms with van der Waals surface area (Å²) in [4.78, 5) is 7.06. The van der Waals surface area contributed by atoms with Crippen LogP contribution < -0.4 is 16.4 Å². The van der Waals surface area contributed by atoms with Crippen molar-refractivity contribution in [3.8, 4) is 0 Å². The molecule has 2 heterocycles. The van der Waals surface area contributed by atoms with E-state index in [1.165, 1.54) is 0 Å². The van der Waals surface area contributed by atoms with Crippen LogP contribution in [-0.2, 0) is 4.74 Å². The monoisotopic (exact) mass is 342 g/mol. The topological polar surface area (TPSA) is 77.4 Å². The molecule has 0 radical (unpaired) electrons. The number of allylic oxidation sites excluding steroid dienone is 4. The Labute approximate surface area is 151 Å². The third kappa shape index (κ3) is 5.36. The highest BCUT2D eigenvalue weighted by Gasteiger charge is 2.16. The molecule has 0 aromatic carbocycles. The maximum Gasteiger partial charge on any atom is 0.129 e. The smallest absolute Gasteiger partial charge is 0.129 e. The van der Waals surface area contributed by atoms with Crippen molar-refractivity contribution in [1.29, 1.82) is 0 Å². The third-order valence-corrected chi connectivity index (χ3v) is 4.15. The number of nitrogens with two attached hydrogens (primary N) is 2. The number of unbranched alkanes of at least 4 members (excludes halogenated alkanes) is 1. The second-order valence-electron chi connectivity index (χ2n) is 6.35. The van der Waals surface area contributed by atoms with Gasteiger partial charge in [-0.15, -0.1) is 0 Å². The van der Waals surface area contributed by atoms with E-state index < -0.39 is 0 Å². The molecule has 5 nitrogen and oxygen atoms in total. The number of morpholine rings is 1. The predicted molar refractivity (Wildman–Crippen MR) is 106 cm³/mol. The molecule has 1 aromatic rings. The molecule has 2 rings (SSSR count). The molecule has 136 valence electrons. The fourth-order valence-electron chi connectivity index (χ4n) is 2.75. The quantitative estimate of drug-likeness (QED) is 0.776. The van der Waals surface area contributed by atoms with E-state index in [0.29, 0.717) is 5.70 Å². The summed E-state index contributed by atoms with van der Waals surface area (Å²) in [7, 11) is 0. The lowest BCUT2D eigenvalue weighted by Gasteiger charge is -2.29. The van der Waals surface area contributed by atoms with Gasteiger partial charge in [0.2, 0.25) is 0 Å². The Bertz CT molecular complexity index is 667. The zero-order chi connectivity index (χ0) is 18.2. The van der Waals surface area contributed by atoms with Crippen LogP contribution >= 0.6 is 0 Å². The van der Waals surface area contributed by atoms with Crippen LogP contribution in [0.2, 0.25) is 0 Å². The molecular formula is C20H30N4O. The van der Waals surface area contributed by atoms with Crippen molar-refractivity contribution >= 4 is 17.6 Å². The van der Waals surface area contributed by atoms with Gasteiger partial charge in [0.05, 0.1) is 13.2 Å². The molecule has 0 saturated carbocycles. The first-order valence-corrected chi connectivity index (χ1v) is 8.93. The van der Waals surface area contributed by atoms with Gasteiger partial charge in [-0.3, -0.25) is 0 Å². The molecule has 0 amide bonds. The van der Waals surface area contributed by atoms with E-state index in [9.17, 15) is 0 Å². The summed E-state index contributed by atoms with van der Waals surface area (Å²) >= 11 is 0. The normalized spacial score (nSPS) is 16.7. The first-order valence-electron chi connectivity index (χ1n) is 8.93. The molecule has 0 bridgehead atoms. The Hall–Kier alpha value is -2.27. The van der Waals surface area contributed by atoms with Crippen LogP contribution in [0.4, 0.5) is 5.82 Å². The van der Waals surface area contributed by atoms with Gasteiger partial charge < -0.3 is 21.1 Å². The Morgan fingerprint density at radius 3 is 2.64 bits per heavy atom. The summed E-state index contributed by atoms with van der Waals surface area (Å²) < 4.78 is 5.44. The molecule has 1 saturated heterocycles. The zero-order valence-corrected chi connectivity index (χ0v) is 15.6. The Balaban J connectivity index is 2.47. The lowest BCUT2D eigenvalue weighted by Crippen LogP contribution is -2.37. The van der Waals surface area contributed by atoms with Crippen molar-refractivity contribution in [1.82, 2.24) is 4.98 Å². The number of anilines is 1. The number of aryl methyl sites for hydroxylation is 1. The fourth-order valence-corrected chi connectivity index (χ4v) is 2.75. The lowest BCUT2D eigenvalue weighted by molar-refractivity contribution is 0.122. The lowest BCUT2D eigenvalue weighted by atomic mass is 10.0. The van der Waals surface area contributed by atoms with E-state index in [4.69, 9.17) is 21.2 Å². The molecule has 1 aliphatic heterocycles. The molecule has 1 fully saturated rings. The Kier molecular flexibility index (Phi) is 7.07. The summed E-state index contributed by atoms with van der Waals surface area (Å²) in [5, 5.41) is 0. The predicted octanol–water partition coefficient (Wildman–Crippen LogP) is 3.20. The SMILES string of the molecule is CCC/C=C\c1c(/C(N)=C/C=C(/C)N)cc(N2CCOCC2)nc1C. The van der Waals surface area contributed by atoms with Crippen LogP contribution in [0.25, 0.3) is 11.8 Å². The van der Waals surface area contributed by atoms with Gasteiger partial charge in [-0.1, -0.05) is 25.5 Å². The number of aromatic nitrogens is 1. The molecule has 1 aromatic heterocycles. The summed E-state index contributed by atoms with van der Waals surface area (Å²) in [5.41, 5.74) is 16.6. The standard InChI is InChI=1S/C20H30N4O/c1-4-5-6-7-17-16(3)23-20(24-10-12-25-13-11-24)14-18(17)19(22)9-8-15(2)21/h6-9,14H,4-5,10-13,21-22H2,1-3H3/b7-6-,15-8-,19-9-. The van der Waals surface area contributed by atoms with Crippen molar-refractivity contribution < 1.29 is 4.74 Å². The fraction of sp³-hybridized carbons (Fsp3) is 0.450. The highest BCUT2D eigenvalue weighted by Crippen LogP contribution is 2.26. The largest absolute Gasteiger partial charge is 0.402 e. The van der Waals surface area contributed by atoms with Crippen molar-refractivity contribution in [2.75, 3.05) is 31.2 Å². The number of pyridine rings is 1. The molecule has 0 unspecified atom stereocenters. The van der Waals surface area contributed by atoms with E-state index in [1.54, 1.807) is 0 Å². The van der Waals surface area contributed by atoms with Gasteiger partial charge in [-0.05, 0) is 38.5 Å². The highest BCUT2D eigenvalue weighted by atomic mass is 16.5. The third-order valence-electron chi connectivity index (χ3n) is 4.15. The number of rotatable bonds is 6. The summed E-state index contributed by atoms with van der Waals surface area (Å²) in [5.74, 6) is 0.952. The van der Waals surface area contributed by atoms with Gasteiger partial charge in [-0.2, -0.15) is 0 Å². The van der Waals surface area contributed by atoms with Gasteiger partial charge in [-0.25, -0.2) is 4.98 Å². The van der Waals surface area contributed by atoms with Crippen LogP contribution in [0, 0.1) is 6.92 Å². The molecule has 0 aliphatic carbocycles. The second-order valence-corrected chi connectivity index (χ2v) is 6.35. The number of nitrogens with zero attached hydrogens (tertiary/aromatic N) is 2. The molecule has 0 atom stereocenters. The average Bonchev–Trinajstić information content (AvgIpc) is 2.61. The van der Waals surface area contributed by atoms with E-state index in [1.807, 2.05) is 26.0 Å². The van der Waals surface area contributed by atoms with Gasteiger partial charge in [0, 0.05) is 41.3 Å². The zero-order valence-electron chi connectivity index (χ0n) is 15.6. The van der Waals surface area contributed by atoms with Crippen LogP contribution in [0.15, 0.2) is 30.0 Å². The molecular weight excluding hydrogens is 312 g/mol. The molecule has 25 heavy (non-hydrogen) atoms. The first kappa shape index (κ1) is 19.1. The van der Waals surface area contributed by atoms with E-state index >= 15 is 0 Å². The van der Waals surface area contributed by atoms with Crippen molar-refractivity contribution in [2.24, 2.45) is 11.5 Å². The van der Waals surface area contributed by atoms with Crippen LogP contribution in [0.3, 0.4) is 0 Å². The van der Waals surface area contributed by atoms with Gasteiger partial charge >= 0.3 is 0 Å². The highest BCUT2D eigenvalue weighted by molar-refractivity contribution is 5.76. The van der Waals surface area contributed by atoms with Crippen molar-refractivity contribution in [3.05, 3.63) is 46.8 Å². The minimum atomic E-state index is 0.695. The molecule has 0 spiro atoms. The summed E-state index contributed by atoms with van der Waals surface area (Å²) in [6.07, 6.45) is 10.2. The molecule has 4 N–H and O–H groups in total. The Morgan fingerprint density at radius 1 is 1.28 bits per heavy atom. The summed E-state index contributed by atoms with van der Waals surface area (Å²) in [6, 6.07) is 2.08. The number of ether oxygens (including phenoxy) is 1. The average molecular weight is 342 g/mol. The van der Waals surface area contributed by atoms with Crippen molar-refractivity contribution in [3.63, 3.8) is 0 Å². The minimum Gasteiger partial charge on any atom is -0.402 e. The second kappa shape index (κ2) is 9.28. The van der Waals surface area contributed by atoms with Crippen LogP contribution in [0.1, 0.15) is 43.5 Å². The first-order chi connectivity index (χ1) is 12.0. The van der Waals surface area contributed by atoms with Crippen LogP contribution in [-0.4, -0.2) is 31.3 Å². The number of hydrogen-bond acceptors (Lipinski definition) is 5. The van der Waals surface area contributed by atoms with E-state index in [0.717, 1.165) is 67.5 Å². The molecule has 5 heteroatoms. The van der Waals surface area contributed by atoms with E-state index in [-0.39, 0.29) is 0 Å². The maximum atomic E-state index is 6.37. The summed E-state index contributed by atoms with van der Waals surface area (Å²) in [6.45, 7) is 9.22. The van der Waals surface area contributed by atoms with Crippen LogP contribution in [0.5, 0.6) is 0 Å².